The van der Waals surface area contributed by atoms with E-state index in [9.17, 15) is 9.59 Å². The summed E-state index contributed by atoms with van der Waals surface area (Å²) in [5.74, 6) is 0.573. The van der Waals surface area contributed by atoms with Gasteiger partial charge in [-0.05, 0) is 35.8 Å². The van der Waals surface area contributed by atoms with E-state index in [-0.39, 0.29) is 24.1 Å². The molecule has 0 atom stereocenters. The van der Waals surface area contributed by atoms with Gasteiger partial charge in [-0.25, -0.2) is 0 Å². The average molecular weight is 412 g/mol. The minimum Gasteiger partial charge on any atom is -0.395 e. The zero-order chi connectivity index (χ0) is 20.9. The molecule has 1 heterocycles. The van der Waals surface area contributed by atoms with E-state index in [1.54, 1.807) is 6.20 Å². The number of aliphatic hydroxyl groups is 1. The second-order valence-electron chi connectivity index (χ2n) is 8.77. The Hall–Kier alpha value is -2.02. The number of β-amino-alcohol motifs (C(OH)–C–C–N with tert-alkyl or cyclic N) is 1. The number of aliphatic hydroxyl groups excluding tert-OH is 1. The van der Waals surface area contributed by atoms with E-state index in [0.717, 1.165) is 45.8 Å². The molecule has 3 fully saturated rings. The van der Waals surface area contributed by atoms with Crippen LogP contribution in [-0.4, -0.2) is 78.9 Å². The molecule has 1 saturated heterocycles. The highest BCUT2D eigenvalue weighted by molar-refractivity contribution is 6.22. The largest absolute Gasteiger partial charge is 0.395 e. The summed E-state index contributed by atoms with van der Waals surface area (Å²) in [6, 6.07) is 8.35. The van der Waals surface area contributed by atoms with Gasteiger partial charge in [0.2, 0.25) is 0 Å². The van der Waals surface area contributed by atoms with Crippen molar-refractivity contribution in [1.82, 2.24) is 15.1 Å². The summed E-state index contributed by atoms with van der Waals surface area (Å²) < 4.78 is 0. The van der Waals surface area contributed by atoms with Crippen molar-refractivity contribution in [2.45, 2.75) is 37.5 Å². The summed E-state index contributed by atoms with van der Waals surface area (Å²) in [4.78, 5) is 30.1. The van der Waals surface area contributed by atoms with Crippen LogP contribution in [0.5, 0.6) is 0 Å². The van der Waals surface area contributed by atoms with Crippen molar-refractivity contribution in [2.24, 2.45) is 0 Å². The number of rotatable bonds is 8. The van der Waals surface area contributed by atoms with Crippen LogP contribution in [0.15, 0.2) is 36.0 Å². The van der Waals surface area contributed by atoms with Crippen molar-refractivity contribution < 1.29 is 14.7 Å². The van der Waals surface area contributed by atoms with Gasteiger partial charge in [-0.1, -0.05) is 24.3 Å². The van der Waals surface area contributed by atoms with E-state index in [4.69, 9.17) is 5.11 Å². The van der Waals surface area contributed by atoms with Crippen molar-refractivity contribution in [3.05, 3.63) is 47.2 Å². The van der Waals surface area contributed by atoms with Gasteiger partial charge >= 0.3 is 0 Å². The van der Waals surface area contributed by atoms with E-state index >= 15 is 0 Å². The number of nitrogens with zero attached hydrogens (tertiary/aromatic N) is 2. The van der Waals surface area contributed by atoms with Crippen LogP contribution in [0.25, 0.3) is 0 Å². The van der Waals surface area contributed by atoms with Crippen molar-refractivity contribution >= 4 is 11.6 Å². The zero-order valence-corrected chi connectivity index (χ0v) is 17.7. The highest BCUT2D eigenvalue weighted by atomic mass is 16.3. The summed E-state index contributed by atoms with van der Waals surface area (Å²) in [5, 5.41) is 12.2. The smallest absolute Gasteiger partial charge is 0.168 e. The lowest BCUT2D eigenvalue weighted by atomic mass is 9.78. The van der Waals surface area contributed by atoms with E-state index in [0.29, 0.717) is 24.3 Å². The lowest BCUT2D eigenvalue weighted by Crippen LogP contribution is -2.48. The second kappa shape index (κ2) is 9.86. The predicted octanol–water partition coefficient (Wildman–Crippen LogP) is 1.66. The molecule has 0 radical (unpaired) electrons. The molecule has 1 aliphatic heterocycles. The third-order valence-corrected chi connectivity index (χ3v) is 6.62. The quantitative estimate of drug-likeness (QED) is 0.385. The number of carbonyl (C=O) groups is 2. The third-order valence-electron chi connectivity index (χ3n) is 6.62. The predicted molar refractivity (Wildman–Crippen MR) is 116 cm³/mol. The van der Waals surface area contributed by atoms with Gasteiger partial charge in [0.25, 0.3) is 0 Å². The molecule has 30 heavy (non-hydrogen) atoms. The second-order valence-corrected chi connectivity index (χ2v) is 8.77. The van der Waals surface area contributed by atoms with Crippen molar-refractivity contribution in [3.8, 4) is 0 Å². The molecular weight excluding hydrogens is 378 g/mol. The third kappa shape index (κ3) is 5.17. The molecule has 0 amide bonds. The summed E-state index contributed by atoms with van der Waals surface area (Å²) in [6.07, 6.45) is 4.94. The van der Waals surface area contributed by atoms with Crippen LogP contribution in [-0.2, 0) is 9.59 Å². The Morgan fingerprint density at radius 1 is 0.900 bits per heavy atom. The molecular formula is C24H33N3O3. The lowest BCUT2D eigenvalue weighted by Gasteiger charge is -2.34. The van der Waals surface area contributed by atoms with Gasteiger partial charge in [0.05, 0.1) is 12.2 Å². The minimum atomic E-state index is -0.0352. The molecule has 6 nitrogen and oxygen atoms in total. The number of Topliss-reactive ketones (excluding diaryl/α,β-unsaturated/α-hetero) is 2. The van der Waals surface area contributed by atoms with Crippen molar-refractivity contribution in [2.75, 3.05) is 52.4 Å². The van der Waals surface area contributed by atoms with Crippen LogP contribution in [0.1, 0.15) is 48.6 Å². The zero-order valence-electron chi connectivity index (χ0n) is 17.7. The molecule has 1 aromatic carbocycles. The Labute approximate surface area is 178 Å². The number of carbonyl (C=O) groups excluding carboxylic acids is 2. The molecule has 0 spiro atoms. The molecule has 162 valence electrons. The number of ketones is 2. The Kier molecular flexibility index (Phi) is 6.97. The number of nitrogens with one attached hydrogen (secondary N) is 1. The maximum Gasteiger partial charge on any atom is 0.168 e. The van der Waals surface area contributed by atoms with Crippen LogP contribution < -0.4 is 5.32 Å². The average Bonchev–Trinajstić information content (AvgIpc) is 3.59. The SMILES string of the molecule is O=C1CC(c2ccccc2C2CC2)CC(=O)C1=CNCCN1CCN(CCO)CC1. The fraction of sp³-hybridized carbons (Fsp3) is 0.583. The standard InChI is InChI=1S/C24H33N3O3/c28-14-13-27-11-9-26(10-12-27)8-7-25-17-22-23(29)15-19(16-24(22)30)21-4-2-1-3-20(21)18-5-6-18/h1-4,17-19,25,28H,5-16H2. The van der Waals surface area contributed by atoms with Crippen LogP contribution in [0.3, 0.4) is 0 Å². The first-order valence-corrected chi connectivity index (χ1v) is 11.3. The normalized spacial score (nSPS) is 23.6. The van der Waals surface area contributed by atoms with Gasteiger partial charge in [0.15, 0.2) is 11.6 Å². The minimum absolute atomic E-state index is 0.0224. The molecule has 0 bridgehead atoms. The summed E-state index contributed by atoms with van der Waals surface area (Å²) in [7, 11) is 0. The van der Waals surface area contributed by atoms with E-state index < -0.39 is 0 Å². The van der Waals surface area contributed by atoms with Crippen LogP contribution in [0.2, 0.25) is 0 Å². The number of hydrogen-bond acceptors (Lipinski definition) is 6. The van der Waals surface area contributed by atoms with Crippen LogP contribution >= 0.6 is 0 Å². The first kappa shape index (κ1) is 21.2. The Morgan fingerprint density at radius 2 is 1.47 bits per heavy atom. The summed E-state index contributed by atoms with van der Waals surface area (Å²) in [5.41, 5.74) is 2.88. The molecule has 1 aromatic rings. The van der Waals surface area contributed by atoms with Crippen molar-refractivity contribution in [1.29, 1.82) is 0 Å². The molecule has 2 N–H and O–H groups in total. The number of piperazine rings is 1. The molecule has 2 aliphatic carbocycles. The number of allylic oxidation sites excluding steroid dienone is 1. The van der Waals surface area contributed by atoms with Gasteiger partial charge in [-0.15, -0.1) is 0 Å². The topological polar surface area (TPSA) is 72.9 Å². The molecule has 2 saturated carbocycles. The fourth-order valence-electron chi connectivity index (χ4n) is 4.70. The molecule has 4 rings (SSSR count). The Balaban J connectivity index is 1.27. The molecule has 6 heteroatoms. The number of benzene rings is 1. The van der Waals surface area contributed by atoms with E-state index in [1.165, 1.54) is 24.0 Å². The van der Waals surface area contributed by atoms with E-state index in [1.807, 2.05) is 6.07 Å². The Bertz CT molecular complexity index is 775. The Morgan fingerprint density at radius 3 is 2.03 bits per heavy atom. The number of hydrogen-bond donors (Lipinski definition) is 2. The van der Waals surface area contributed by atoms with Crippen LogP contribution in [0.4, 0.5) is 0 Å². The van der Waals surface area contributed by atoms with Gasteiger partial charge in [0.1, 0.15) is 0 Å². The first-order chi connectivity index (χ1) is 14.7. The maximum absolute atomic E-state index is 12.7. The summed E-state index contributed by atoms with van der Waals surface area (Å²) in [6.45, 7) is 6.48. The summed E-state index contributed by atoms with van der Waals surface area (Å²) >= 11 is 0. The molecule has 0 unspecified atom stereocenters. The lowest BCUT2D eigenvalue weighted by molar-refractivity contribution is -0.124. The highest BCUT2D eigenvalue weighted by Gasteiger charge is 2.34. The molecule has 0 aromatic heterocycles. The van der Waals surface area contributed by atoms with Gasteiger partial charge in [-0.3, -0.25) is 19.4 Å². The van der Waals surface area contributed by atoms with Crippen LogP contribution in [0, 0.1) is 0 Å². The highest BCUT2D eigenvalue weighted by Crippen LogP contribution is 2.45. The van der Waals surface area contributed by atoms with Crippen molar-refractivity contribution in [3.63, 3.8) is 0 Å². The molecule has 3 aliphatic rings. The van der Waals surface area contributed by atoms with Gasteiger partial charge in [-0.2, -0.15) is 0 Å². The maximum atomic E-state index is 12.7. The van der Waals surface area contributed by atoms with Gasteiger partial charge < -0.3 is 10.4 Å². The fourth-order valence-corrected chi connectivity index (χ4v) is 4.70. The van der Waals surface area contributed by atoms with E-state index in [2.05, 4.69) is 33.3 Å². The monoisotopic (exact) mass is 411 g/mol. The van der Waals surface area contributed by atoms with Gasteiger partial charge in [0, 0.05) is 64.9 Å². The first-order valence-electron chi connectivity index (χ1n) is 11.3.